The number of urea groups is 1. The number of nitrogens with zero attached hydrogens (tertiary/aromatic N) is 3. The molecule has 0 spiro atoms. The van der Waals surface area contributed by atoms with Crippen molar-refractivity contribution in [2.24, 2.45) is 5.92 Å². The van der Waals surface area contributed by atoms with Crippen LogP contribution in [0.5, 0.6) is 0 Å². The zero-order valence-corrected chi connectivity index (χ0v) is 20.7. The zero-order chi connectivity index (χ0) is 25.4. The molecule has 3 fully saturated rings. The predicted molar refractivity (Wildman–Crippen MR) is 134 cm³/mol. The molecule has 7 nitrogen and oxygen atoms in total. The first-order valence-corrected chi connectivity index (χ1v) is 12.8. The van der Waals surface area contributed by atoms with Gasteiger partial charge in [-0.1, -0.05) is 23.7 Å². The fraction of sp³-hybridized carbons (Fsp3) is 0.481. The molecule has 0 aromatic heterocycles. The Morgan fingerprint density at radius 2 is 2.03 bits per heavy atom. The molecule has 1 aliphatic heterocycles. The highest BCUT2D eigenvalue weighted by molar-refractivity contribution is 6.31. The Balaban J connectivity index is 1.30. The number of aliphatic hydroxyl groups is 2. The van der Waals surface area contributed by atoms with Gasteiger partial charge in [0.05, 0.1) is 28.9 Å². The highest BCUT2D eigenvalue weighted by atomic mass is 35.5. The number of rotatable bonds is 6. The van der Waals surface area contributed by atoms with Gasteiger partial charge in [0, 0.05) is 37.9 Å². The molecule has 9 heteroatoms. The van der Waals surface area contributed by atoms with E-state index in [1.165, 1.54) is 23.8 Å². The van der Waals surface area contributed by atoms with Crippen molar-refractivity contribution in [1.82, 2.24) is 9.80 Å². The molecule has 36 heavy (non-hydrogen) atoms. The normalized spacial score (nSPS) is 29.3. The average molecular weight is 513 g/mol. The maximum atomic E-state index is 13.6. The van der Waals surface area contributed by atoms with Gasteiger partial charge in [0.25, 0.3) is 0 Å². The summed E-state index contributed by atoms with van der Waals surface area (Å²) in [4.78, 5) is 17.2. The molecule has 190 valence electrons. The van der Waals surface area contributed by atoms with E-state index < -0.39 is 18.0 Å². The summed E-state index contributed by atoms with van der Waals surface area (Å²) in [5.41, 5.74) is 2.39. The van der Waals surface area contributed by atoms with Crippen LogP contribution < -0.4 is 5.32 Å². The van der Waals surface area contributed by atoms with Crippen LogP contribution >= 0.6 is 11.6 Å². The summed E-state index contributed by atoms with van der Waals surface area (Å²) in [5.74, 6) is -0.105. The number of carbonyl (C=O) groups excluding carboxylic acids is 1. The maximum Gasteiger partial charge on any atom is 0.322 e. The van der Waals surface area contributed by atoms with Gasteiger partial charge in [-0.15, -0.1) is 0 Å². The summed E-state index contributed by atoms with van der Waals surface area (Å²) >= 11 is 5.91. The van der Waals surface area contributed by atoms with Crippen LogP contribution in [0.1, 0.15) is 36.8 Å². The molecule has 2 aromatic rings. The predicted octanol–water partition coefficient (Wildman–Crippen LogP) is 3.73. The summed E-state index contributed by atoms with van der Waals surface area (Å²) in [6.45, 7) is 1.71. The Morgan fingerprint density at radius 1 is 1.25 bits per heavy atom. The Bertz CT molecular complexity index is 1180. The molecular formula is C27H30ClFN4O3. The molecular weight excluding hydrogens is 483 g/mol. The number of anilines is 1. The van der Waals surface area contributed by atoms with Crippen molar-refractivity contribution in [3.63, 3.8) is 0 Å². The minimum atomic E-state index is -0.778. The summed E-state index contributed by atoms with van der Waals surface area (Å²) in [6.07, 6.45) is 2.12. The molecule has 1 unspecified atom stereocenters. The van der Waals surface area contributed by atoms with E-state index in [2.05, 4.69) is 17.5 Å². The van der Waals surface area contributed by atoms with Gasteiger partial charge in [0.2, 0.25) is 0 Å². The molecule has 0 bridgehead atoms. The first-order valence-electron chi connectivity index (χ1n) is 12.4. The molecule has 0 radical (unpaired) electrons. The number of hydrogen-bond donors (Lipinski definition) is 3. The topological polar surface area (TPSA) is 99.8 Å². The quantitative estimate of drug-likeness (QED) is 0.547. The molecule has 2 aliphatic carbocycles. The number of nitriles is 1. The number of likely N-dealkylation sites (tertiary alicyclic amines) is 1. The van der Waals surface area contributed by atoms with Crippen molar-refractivity contribution in [3.05, 3.63) is 64.4 Å². The second kappa shape index (κ2) is 9.98. The lowest BCUT2D eigenvalue weighted by molar-refractivity contribution is 0.0572. The van der Waals surface area contributed by atoms with E-state index in [1.54, 1.807) is 0 Å². The Morgan fingerprint density at radius 3 is 2.72 bits per heavy atom. The zero-order valence-electron chi connectivity index (χ0n) is 19.9. The van der Waals surface area contributed by atoms with E-state index in [0.29, 0.717) is 43.3 Å². The van der Waals surface area contributed by atoms with Crippen molar-refractivity contribution in [2.45, 2.75) is 49.3 Å². The number of benzene rings is 2. The third-order valence-electron chi connectivity index (χ3n) is 8.14. The number of amides is 2. The molecule has 2 saturated carbocycles. The molecule has 2 amide bonds. The van der Waals surface area contributed by atoms with E-state index in [4.69, 9.17) is 11.6 Å². The van der Waals surface area contributed by atoms with Crippen LogP contribution in [-0.4, -0.2) is 70.5 Å². The molecule has 5 rings (SSSR count). The standard InChI is InChI=1S/C27H30ClFN4O3/c28-22-12-20(4-5-23(22)29)31-26(36)33(9-8-32-15-24(34)25(35)16-32)21-6-7-27(13-19(27)11-21)18-3-1-2-17(10-18)14-30/h1-5,10,12,19,21,24-25,34-35H,6-9,11,13,15-16H2,(H,31,36)/t19?,21-,24-,25+,27+/m1/s1. The van der Waals surface area contributed by atoms with Crippen molar-refractivity contribution >= 4 is 23.3 Å². The van der Waals surface area contributed by atoms with Gasteiger partial charge >= 0.3 is 6.03 Å². The summed E-state index contributed by atoms with van der Waals surface area (Å²) < 4.78 is 13.6. The van der Waals surface area contributed by atoms with Gasteiger partial charge in [0.1, 0.15) is 5.82 Å². The maximum absolute atomic E-state index is 13.6. The number of nitrogens with one attached hydrogen (secondary N) is 1. The smallest absolute Gasteiger partial charge is 0.322 e. The fourth-order valence-electron chi connectivity index (χ4n) is 6.04. The Hall–Kier alpha value is -2.70. The van der Waals surface area contributed by atoms with E-state index in [-0.39, 0.29) is 22.5 Å². The van der Waals surface area contributed by atoms with Gasteiger partial charge in [-0.2, -0.15) is 5.26 Å². The minimum Gasteiger partial charge on any atom is -0.389 e. The van der Waals surface area contributed by atoms with Crippen LogP contribution in [0.2, 0.25) is 5.02 Å². The largest absolute Gasteiger partial charge is 0.389 e. The number of aliphatic hydroxyl groups excluding tert-OH is 2. The number of halogens is 2. The molecule has 5 atom stereocenters. The second-order valence-corrected chi connectivity index (χ2v) is 10.7. The highest BCUT2D eigenvalue weighted by Gasteiger charge is 2.58. The van der Waals surface area contributed by atoms with Crippen molar-refractivity contribution in [1.29, 1.82) is 5.26 Å². The van der Waals surface area contributed by atoms with Crippen LogP contribution in [0.4, 0.5) is 14.9 Å². The van der Waals surface area contributed by atoms with Gasteiger partial charge in [-0.25, -0.2) is 9.18 Å². The number of hydrogen-bond acceptors (Lipinski definition) is 5. The van der Waals surface area contributed by atoms with Gasteiger partial charge in [-0.3, -0.25) is 4.90 Å². The lowest BCUT2D eigenvalue weighted by Crippen LogP contribution is -2.48. The van der Waals surface area contributed by atoms with Crippen molar-refractivity contribution in [2.75, 3.05) is 31.5 Å². The third-order valence-corrected chi connectivity index (χ3v) is 8.43. The number of carbonyl (C=O) groups is 1. The van der Waals surface area contributed by atoms with E-state index in [0.717, 1.165) is 25.7 Å². The Kier molecular flexibility index (Phi) is 6.92. The minimum absolute atomic E-state index is 0.0261. The monoisotopic (exact) mass is 512 g/mol. The summed E-state index contributed by atoms with van der Waals surface area (Å²) in [5, 5.41) is 31.9. The van der Waals surface area contributed by atoms with Crippen LogP contribution in [0, 0.1) is 23.1 Å². The van der Waals surface area contributed by atoms with E-state index in [9.17, 15) is 24.7 Å². The molecule has 2 aromatic carbocycles. The number of fused-ring (bicyclic) bond motifs is 1. The molecule has 1 heterocycles. The molecule has 3 N–H and O–H groups in total. The van der Waals surface area contributed by atoms with Crippen LogP contribution in [0.15, 0.2) is 42.5 Å². The first kappa shape index (κ1) is 25.0. The highest BCUT2D eigenvalue weighted by Crippen LogP contribution is 2.62. The van der Waals surface area contributed by atoms with E-state index >= 15 is 0 Å². The molecule has 1 saturated heterocycles. The molecule has 3 aliphatic rings. The lowest BCUT2D eigenvalue weighted by atomic mass is 9.80. The van der Waals surface area contributed by atoms with Gasteiger partial charge in [-0.05, 0) is 72.9 Å². The summed E-state index contributed by atoms with van der Waals surface area (Å²) in [7, 11) is 0. The Labute approximate surface area is 215 Å². The number of β-amino-alcohol motifs (C(OH)–C–C–N with tert-alkyl or cyclic N) is 2. The second-order valence-electron chi connectivity index (χ2n) is 10.3. The van der Waals surface area contributed by atoms with E-state index in [1.807, 2.05) is 28.0 Å². The summed E-state index contributed by atoms with van der Waals surface area (Å²) in [6, 6.07) is 14.0. The van der Waals surface area contributed by atoms with Gasteiger partial charge < -0.3 is 20.4 Å². The third kappa shape index (κ3) is 4.94. The van der Waals surface area contributed by atoms with Crippen LogP contribution in [0.25, 0.3) is 0 Å². The lowest BCUT2D eigenvalue weighted by Gasteiger charge is -2.37. The SMILES string of the molecule is N#Cc1cccc([C@@]23CC[C@@H](N(CCN4C[C@@H](O)[C@@H](O)C4)C(=O)Nc4ccc(F)c(Cl)c4)CC2C3)c1. The van der Waals surface area contributed by atoms with Gasteiger partial charge in [0.15, 0.2) is 0 Å². The van der Waals surface area contributed by atoms with Crippen molar-refractivity contribution in [3.8, 4) is 6.07 Å². The first-order chi connectivity index (χ1) is 17.3. The fourth-order valence-corrected chi connectivity index (χ4v) is 6.22. The van der Waals surface area contributed by atoms with Crippen LogP contribution in [0.3, 0.4) is 0 Å². The van der Waals surface area contributed by atoms with Crippen molar-refractivity contribution < 1.29 is 19.4 Å². The van der Waals surface area contributed by atoms with Crippen LogP contribution in [-0.2, 0) is 5.41 Å². The average Bonchev–Trinajstić information content (AvgIpc) is 3.53.